The molecule has 0 saturated carbocycles. The van der Waals surface area contributed by atoms with Crippen molar-refractivity contribution in [2.24, 2.45) is 0 Å². The zero-order valence-corrected chi connectivity index (χ0v) is 9.94. The normalized spacial score (nSPS) is 15.9. The van der Waals surface area contributed by atoms with Gasteiger partial charge in [0.15, 0.2) is 0 Å². The second-order valence-electron chi connectivity index (χ2n) is 4.26. The van der Waals surface area contributed by atoms with Gasteiger partial charge in [-0.05, 0) is 24.3 Å². The van der Waals surface area contributed by atoms with Crippen LogP contribution in [0.4, 0.5) is 0 Å². The summed E-state index contributed by atoms with van der Waals surface area (Å²) < 4.78 is 7.52. The molecule has 1 aromatic heterocycles. The van der Waals surface area contributed by atoms with E-state index in [1.165, 1.54) is 16.6 Å². The predicted octanol–water partition coefficient (Wildman–Crippen LogP) is 2.48. The molecule has 2 aromatic rings. The number of nitrogens with one attached hydrogen (secondary N) is 1. The molecule has 17 heavy (non-hydrogen) atoms. The van der Waals surface area contributed by atoms with Crippen LogP contribution >= 0.6 is 0 Å². The number of hydrogen-bond acceptors (Lipinski definition) is 2. The standard InChI is InChI=1S/C14H16N2O/c1-17-13-2-3-14-11(10-13)6-9-16(14)12-4-7-15-8-5-12/h2-4,6,9-10,15H,5,7-8H2,1H3. The first-order chi connectivity index (χ1) is 8.38. The van der Waals surface area contributed by atoms with Gasteiger partial charge in [0.2, 0.25) is 0 Å². The van der Waals surface area contributed by atoms with E-state index in [-0.39, 0.29) is 0 Å². The Bertz CT molecular complexity index is 569. The van der Waals surface area contributed by atoms with Gasteiger partial charge in [-0.25, -0.2) is 0 Å². The van der Waals surface area contributed by atoms with Crippen molar-refractivity contribution in [2.45, 2.75) is 6.42 Å². The first-order valence-corrected chi connectivity index (χ1v) is 5.94. The third kappa shape index (κ3) is 1.83. The Hall–Kier alpha value is -1.74. The van der Waals surface area contributed by atoms with E-state index in [1.54, 1.807) is 7.11 Å². The summed E-state index contributed by atoms with van der Waals surface area (Å²) in [6.07, 6.45) is 5.48. The predicted molar refractivity (Wildman–Crippen MR) is 70.2 cm³/mol. The molecule has 0 atom stereocenters. The van der Waals surface area contributed by atoms with Crippen molar-refractivity contribution >= 4 is 16.6 Å². The number of rotatable bonds is 2. The van der Waals surface area contributed by atoms with Crippen LogP contribution in [0.3, 0.4) is 0 Å². The number of hydrogen-bond donors (Lipinski definition) is 1. The molecule has 1 aromatic carbocycles. The van der Waals surface area contributed by atoms with Gasteiger partial charge in [-0.2, -0.15) is 0 Å². The molecule has 0 aliphatic carbocycles. The third-order valence-electron chi connectivity index (χ3n) is 3.25. The van der Waals surface area contributed by atoms with Crippen molar-refractivity contribution < 1.29 is 4.74 Å². The number of benzene rings is 1. The van der Waals surface area contributed by atoms with Crippen molar-refractivity contribution in [3.05, 3.63) is 36.5 Å². The van der Waals surface area contributed by atoms with Gasteiger partial charge in [-0.3, -0.25) is 0 Å². The van der Waals surface area contributed by atoms with E-state index in [0.29, 0.717) is 0 Å². The van der Waals surface area contributed by atoms with E-state index >= 15 is 0 Å². The summed E-state index contributed by atoms with van der Waals surface area (Å²) in [4.78, 5) is 0. The smallest absolute Gasteiger partial charge is 0.119 e. The van der Waals surface area contributed by atoms with Crippen molar-refractivity contribution in [3.63, 3.8) is 0 Å². The fraction of sp³-hybridized carbons (Fsp3) is 0.286. The van der Waals surface area contributed by atoms with Gasteiger partial charge in [0.05, 0.1) is 12.6 Å². The topological polar surface area (TPSA) is 26.2 Å². The fourth-order valence-corrected chi connectivity index (χ4v) is 2.33. The minimum absolute atomic E-state index is 0.912. The van der Waals surface area contributed by atoms with Crippen molar-refractivity contribution in [2.75, 3.05) is 20.2 Å². The summed E-state index contributed by atoms with van der Waals surface area (Å²) >= 11 is 0. The lowest BCUT2D eigenvalue weighted by Gasteiger charge is -2.16. The first-order valence-electron chi connectivity index (χ1n) is 5.94. The lowest BCUT2D eigenvalue weighted by atomic mass is 10.2. The Morgan fingerprint density at radius 1 is 1.29 bits per heavy atom. The molecule has 1 N–H and O–H groups in total. The maximum absolute atomic E-state index is 5.24. The molecular weight excluding hydrogens is 212 g/mol. The Balaban J connectivity index is 2.08. The Morgan fingerprint density at radius 2 is 2.24 bits per heavy atom. The summed E-state index contributed by atoms with van der Waals surface area (Å²) in [6, 6.07) is 8.35. The average molecular weight is 228 g/mol. The van der Waals surface area contributed by atoms with E-state index in [4.69, 9.17) is 4.74 Å². The Labute approximate surface area is 101 Å². The zero-order chi connectivity index (χ0) is 11.7. The van der Waals surface area contributed by atoms with Crippen molar-refractivity contribution in [3.8, 4) is 5.75 Å². The fourth-order valence-electron chi connectivity index (χ4n) is 2.33. The summed E-state index contributed by atoms with van der Waals surface area (Å²) in [6.45, 7) is 2.02. The minimum atomic E-state index is 0.912. The monoisotopic (exact) mass is 228 g/mol. The lowest BCUT2D eigenvalue weighted by Crippen LogP contribution is -2.21. The molecule has 88 valence electrons. The molecule has 3 heteroatoms. The molecule has 0 fully saturated rings. The van der Waals surface area contributed by atoms with Gasteiger partial charge in [-0.1, -0.05) is 6.08 Å². The third-order valence-corrected chi connectivity index (χ3v) is 3.25. The van der Waals surface area contributed by atoms with Crippen LogP contribution < -0.4 is 10.1 Å². The molecule has 0 unspecified atom stereocenters. The molecule has 0 spiro atoms. The molecule has 3 nitrogen and oxygen atoms in total. The Morgan fingerprint density at radius 3 is 3.00 bits per heavy atom. The molecule has 0 saturated heterocycles. The number of aromatic nitrogens is 1. The van der Waals surface area contributed by atoms with Crippen LogP contribution in [-0.2, 0) is 0 Å². The molecular formula is C14H16N2O. The van der Waals surface area contributed by atoms with Gasteiger partial charge in [0.1, 0.15) is 5.75 Å². The van der Waals surface area contributed by atoms with E-state index in [1.807, 2.05) is 6.07 Å². The van der Waals surface area contributed by atoms with Gasteiger partial charge in [0.25, 0.3) is 0 Å². The molecule has 2 heterocycles. The molecule has 1 aliphatic heterocycles. The van der Waals surface area contributed by atoms with Crippen LogP contribution in [0.2, 0.25) is 0 Å². The SMILES string of the molecule is COc1ccc2c(ccn2C2=CCNCC2)c1. The zero-order valence-electron chi connectivity index (χ0n) is 9.94. The van der Waals surface area contributed by atoms with Gasteiger partial charge >= 0.3 is 0 Å². The van der Waals surface area contributed by atoms with E-state index < -0.39 is 0 Å². The van der Waals surface area contributed by atoms with E-state index in [0.717, 1.165) is 25.3 Å². The highest BCUT2D eigenvalue weighted by Gasteiger charge is 2.08. The van der Waals surface area contributed by atoms with Gasteiger partial charge < -0.3 is 14.6 Å². The average Bonchev–Trinajstić information content (AvgIpc) is 2.82. The van der Waals surface area contributed by atoms with E-state index in [2.05, 4.69) is 40.4 Å². The number of nitrogens with zero attached hydrogens (tertiary/aromatic N) is 1. The molecule has 1 aliphatic rings. The second-order valence-corrected chi connectivity index (χ2v) is 4.26. The second kappa shape index (κ2) is 4.26. The van der Waals surface area contributed by atoms with Gasteiger partial charge in [-0.15, -0.1) is 0 Å². The minimum Gasteiger partial charge on any atom is -0.497 e. The van der Waals surface area contributed by atoms with Gasteiger partial charge in [0, 0.05) is 36.8 Å². The van der Waals surface area contributed by atoms with Crippen LogP contribution in [0.15, 0.2) is 36.5 Å². The van der Waals surface area contributed by atoms with Crippen LogP contribution in [-0.4, -0.2) is 24.8 Å². The maximum Gasteiger partial charge on any atom is 0.119 e. The Kier molecular flexibility index (Phi) is 2.61. The maximum atomic E-state index is 5.24. The quantitative estimate of drug-likeness (QED) is 0.854. The molecule has 3 rings (SSSR count). The van der Waals surface area contributed by atoms with E-state index in [9.17, 15) is 0 Å². The lowest BCUT2D eigenvalue weighted by molar-refractivity contribution is 0.415. The largest absolute Gasteiger partial charge is 0.497 e. The summed E-state index contributed by atoms with van der Waals surface area (Å²) in [5, 5.41) is 4.56. The van der Waals surface area contributed by atoms with Crippen LogP contribution in [0.1, 0.15) is 6.42 Å². The highest BCUT2D eigenvalue weighted by molar-refractivity contribution is 5.84. The highest BCUT2D eigenvalue weighted by Crippen LogP contribution is 2.25. The number of ether oxygens (including phenoxy) is 1. The summed E-state index contributed by atoms with van der Waals surface area (Å²) in [5.74, 6) is 0.912. The van der Waals surface area contributed by atoms with Crippen LogP contribution in [0, 0.1) is 0 Å². The van der Waals surface area contributed by atoms with Crippen LogP contribution in [0.25, 0.3) is 16.6 Å². The molecule has 0 radical (unpaired) electrons. The first kappa shape index (κ1) is 10.4. The molecule has 0 amide bonds. The number of fused-ring (bicyclic) bond motifs is 1. The summed E-state index contributed by atoms with van der Waals surface area (Å²) in [7, 11) is 1.70. The van der Waals surface area contributed by atoms with Crippen molar-refractivity contribution in [1.29, 1.82) is 0 Å². The van der Waals surface area contributed by atoms with Crippen molar-refractivity contribution in [1.82, 2.24) is 9.88 Å². The highest BCUT2D eigenvalue weighted by atomic mass is 16.5. The summed E-state index contributed by atoms with van der Waals surface area (Å²) in [5.41, 5.74) is 2.63. The number of methoxy groups -OCH3 is 1. The molecule has 0 bridgehead atoms. The van der Waals surface area contributed by atoms with Crippen LogP contribution in [0.5, 0.6) is 5.75 Å².